The highest BCUT2D eigenvalue weighted by molar-refractivity contribution is 6.30. The van der Waals surface area contributed by atoms with Crippen molar-refractivity contribution in [1.82, 2.24) is 4.90 Å². The van der Waals surface area contributed by atoms with Crippen LogP contribution in [0.15, 0.2) is 54.6 Å². The third-order valence-corrected chi connectivity index (χ3v) is 5.52. The Bertz CT molecular complexity index is 769. The number of carbonyl (C=O) groups is 1. The molecule has 2 aromatic rings. The number of aliphatic hydroxyl groups is 1. The number of para-hydroxylation sites is 1. The van der Waals surface area contributed by atoms with E-state index in [1.54, 1.807) is 0 Å². The van der Waals surface area contributed by atoms with E-state index in [9.17, 15) is 9.90 Å². The zero-order valence-corrected chi connectivity index (χ0v) is 17.5. The van der Waals surface area contributed by atoms with Crippen LogP contribution in [0.3, 0.4) is 0 Å². The van der Waals surface area contributed by atoms with Gasteiger partial charge < -0.3 is 15.2 Å². The number of hydrogen-bond acceptors (Lipinski definition) is 4. The molecule has 3 atom stereocenters. The standard InChI is InChI=1S/C23H29ClN2O3/c1-17(18-9-11-20(24)12-10-18)29-16-22(27)15-26-13-5-6-19(14-26)23(28)25-21-7-3-2-4-8-21/h2-4,7-12,17,19,22,27H,5-6,13-16H2,1H3,(H,25,28). The monoisotopic (exact) mass is 416 g/mol. The summed E-state index contributed by atoms with van der Waals surface area (Å²) >= 11 is 5.92. The van der Waals surface area contributed by atoms with Crippen LogP contribution in [0.1, 0.15) is 31.4 Å². The zero-order chi connectivity index (χ0) is 20.6. The second-order valence-electron chi connectivity index (χ2n) is 7.63. The minimum atomic E-state index is -0.597. The molecule has 0 bridgehead atoms. The maximum absolute atomic E-state index is 12.6. The Labute approximate surface area is 177 Å². The average Bonchev–Trinajstić information content (AvgIpc) is 2.73. The molecule has 1 saturated heterocycles. The molecule has 2 N–H and O–H groups in total. The Morgan fingerprint density at radius 3 is 2.69 bits per heavy atom. The molecule has 1 fully saturated rings. The van der Waals surface area contributed by atoms with Crippen LogP contribution in [0.25, 0.3) is 0 Å². The smallest absolute Gasteiger partial charge is 0.228 e. The van der Waals surface area contributed by atoms with Crippen molar-refractivity contribution in [3.63, 3.8) is 0 Å². The fourth-order valence-corrected chi connectivity index (χ4v) is 3.76. The van der Waals surface area contributed by atoms with Crippen molar-refractivity contribution in [1.29, 1.82) is 0 Å². The molecule has 156 valence electrons. The molecule has 0 aliphatic carbocycles. The van der Waals surface area contributed by atoms with Crippen molar-refractivity contribution < 1.29 is 14.6 Å². The Balaban J connectivity index is 1.43. The molecule has 1 aliphatic heterocycles. The van der Waals surface area contributed by atoms with E-state index in [1.165, 1.54) is 0 Å². The van der Waals surface area contributed by atoms with Crippen LogP contribution in [-0.4, -0.2) is 48.3 Å². The lowest BCUT2D eigenvalue weighted by Crippen LogP contribution is -2.44. The van der Waals surface area contributed by atoms with Crippen LogP contribution < -0.4 is 5.32 Å². The number of β-amino-alcohol motifs (C(OH)–C–C–N with tert-alkyl or cyclic N) is 1. The number of hydrogen-bond donors (Lipinski definition) is 2. The summed E-state index contributed by atoms with van der Waals surface area (Å²) in [5.41, 5.74) is 1.84. The fourth-order valence-electron chi connectivity index (χ4n) is 3.64. The van der Waals surface area contributed by atoms with E-state index in [-0.39, 0.29) is 24.5 Å². The summed E-state index contributed by atoms with van der Waals surface area (Å²) in [7, 11) is 0. The van der Waals surface area contributed by atoms with E-state index in [0.29, 0.717) is 18.1 Å². The molecular formula is C23H29ClN2O3. The van der Waals surface area contributed by atoms with Gasteiger partial charge in [0.1, 0.15) is 0 Å². The number of rotatable bonds is 8. The largest absolute Gasteiger partial charge is 0.389 e. The first-order chi connectivity index (χ1) is 14.0. The molecule has 1 amide bonds. The van der Waals surface area contributed by atoms with Crippen LogP contribution in [0.2, 0.25) is 5.02 Å². The number of aliphatic hydroxyl groups excluding tert-OH is 1. The van der Waals surface area contributed by atoms with Crippen LogP contribution >= 0.6 is 11.6 Å². The summed E-state index contributed by atoms with van der Waals surface area (Å²) in [4.78, 5) is 14.7. The van der Waals surface area contributed by atoms with Crippen LogP contribution in [0.5, 0.6) is 0 Å². The van der Waals surface area contributed by atoms with E-state index in [1.807, 2.05) is 61.5 Å². The molecule has 0 saturated carbocycles. The van der Waals surface area contributed by atoms with Gasteiger partial charge in [0.15, 0.2) is 0 Å². The van der Waals surface area contributed by atoms with E-state index in [4.69, 9.17) is 16.3 Å². The molecule has 1 aliphatic rings. The number of amides is 1. The van der Waals surface area contributed by atoms with Gasteiger partial charge >= 0.3 is 0 Å². The maximum Gasteiger partial charge on any atom is 0.228 e. The number of anilines is 1. The van der Waals surface area contributed by atoms with Crippen molar-refractivity contribution >= 4 is 23.2 Å². The predicted molar refractivity (Wildman–Crippen MR) is 116 cm³/mol. The van der Waals surface area contributed by atoms with Gasteiger partial charge in [0.05, 0.1) is 24.7 Å². The van der Waals surface area contributed by atoms with E-state index in [0.717, 1.165) is 30.6 Å². The van der Waals surface area contributed by atoms with Crippen molar-refractivity contribution in [2.45, 2.75) is 32.0 Å². The minimum Gasteiger partial charge on any atom is -0.389 e. The number of nitrogens with zero attached hydrogens (tertiary/aromatic N) is 1. The highest BCUT2D eigenvalue weighted by Gasteiger charge is 2.27. The highest BCUT2D eigenvalue weighted by Crippen LogP contribution is 2.21. The van der Waals surface area contributed by atoms with Gasteiger partial charge in [-0.1, -0.05) is 41.9 Å². The molecule has 3 rings (SSSR count). The van der Waals surface area contributed by atoms with E-state index < -0.39 is 6.10 Å². The Morgan fingerprint density at radius 1 is 1.24 bits per heavy atom. The van der Waals surface area contributed by atoms with Gasteiger partial charge in [-0.3, -0.25) is 9.69 Å². The number of piperidine rings is 1. The van der Waals surface area contributed by atoms with E-state index in [2.05, 4.69) is 10.2 Å². The first-order valence-corrected chi connectivity index (χ1v) is 10.5. The predicted octanol–water partition coefficient (Wildman–Crippen LogP) is 4.13. The molecule has 0 spiro atoms. The molecule has 1 heterocycles. The average molecular weight is 417 g/mol. The molecule has 0 radical (unpaired) electrons. The second kappa shape index (κ2) is 10.7. The van der Waals surface area contributed by atoms with Crippen LogP contribution in [0, 0.1) is 5.92 Å². The van der Waals surface area contributed by atoms with Gasteiger partial charge in [-0.2, -0.15) is 0 Å². The number of benzene rings is 2. The molecule has 0 aromatic heterocycles. The molecule has 2 aromatic carbocycles. The number of ether oxygens (including phenoxy) is 1. The van der Waals surface area contributed by atoms with Crippen molar-refractivity contribution in [2.75, 3.05) is 31.6 Å². The van der Waals surface area contributed by atoms with Crippen molar-refractivity contribution in [3.8, 4) is 0 Å². The van der Waals surface area contributed by atoms with Gasteiger partial charge in [-0.15, -0.1) is 0 Å². The normalized spacial score (nSPS) is 19.5. The lowest BCUT2D eigenvalue weighted by atomic mass is 9.96. The zero-order valence-electron chi connectivity index (χ0n) is 16.8. The summed E-state index contributed by atoms with van der Waals surface area (Å²) < 4.78 is 5.83. The maximum atomic E-state index is 12.6. The number of nitrogens with one attached hydrogen (secondary N) is 1. The van der Waals surface area contributed by atoms with Gasteiger partial charge in [0, 0.05) is 23.8 Å². The third kappa shape index (κ3) is 6.82. The molecule has 5 nitrogen and oxygen atoms in total. The summed E-state index contributed by atoms with van der Waals surface area (Å²) in [6.45, 7) is 4.26. The molecule has 6 heteroatoms. The molecular weight excluding hydrogens is 388 g/mol. The Kier molecular flexibility index (Phi) is 8.07. The number of carbonyl (C=O) groups excluding carboxylic acids is 1. The first-order valence-electron chi connectivity index (χ1n) is 10.1. The quantitative estimate of drug-likeness (QED) is 0.679. The fraction of sp³-hybridized carbons (Fsp3) is 0.435. The van der Waals surface area contributed by atoms with Gasteiger partial charge in [0.25, 0.3) is 0 Å². The second-order valence-corrected chi connectivity index (χ2v) is 8.07. The lowest BCUT2D eigenvalue weighted by molar-refractivity contribution is -0.121. The minimum absolute atomic E-state index is 0.0444. The van der Waals surface area contributed by atoms with Crippen molar-refractivity contribution in [3.05, 3.63) is 65.2 Å². The van der Waals surface area contributed by atoms with Crippen molar-refractivity contribution in [2.24, 2.45) is 5.92 Å². The summed E-state index contributed by atoms with van der Waals surface area (Å²) in [6, 6.07) is 17.1. The third-order valence-electron chi connectivity index (χ3n) is 5.26. The number of likely N-dealkylation sites (tertiary alicyclic amines) is 1. The Hall–Kier alpha value is -1.92. The molecule has 3 unspecified atom stereocenters. The van der Waals surface area contributed by atoms with Gasteiger partial charge in [0.2, 0.25) is 5.91 Å². The van der Waals surface area contributed by atoms with E-state index >= 15 is 0 Å². The number of halogens is 1. The summed E-state index contributed by atoms with van der Waals surface area (Å²) in [5.74, 6) is -0.0203. The van der Waals surface area contributed by atoms with Crippen LogP contribution in [-0.2, 0) is 9.53 Å². The highest BCUT2D eigenvalue weighted by atomic mass is 35.5. The lowest BCUT2D eigenvalue weighted by Gasteiger charge is -2.33. The first kappa shape index (κ1) is 21.8. The summed E-state index contributed by atoms with van der Waals surface area (Å²) in [6.07, 6.45) is 1.10. The molecule has 29 heavy (non-hydrogen) atoms. The Morgan fingerprint density at radius 2 is 1.97 bits per heavy atom. The van der Waals surface area contributed by atoms with Gasteiger partial charge in [-0.25, -0.2) is 0 Å². The SMILES string of the molecule is CC(OCC(O)CN1CCCC(C(=O)Nc2ccccc2)C1)c1ccc(Cl)cc1. The van der Waals surface area contributed by atoms with Gasteiger partial charge in [-0.05, 0) is 56.1 Å². The topological polar surface area (TPSA) is 61.8 Å². The van der Waals surface area contributed by atoms with Crippen LogP contribution in [0.4, 0.5) is 5.69 Å². The summed E-state index contributed by atoms with van der Waals surface area (Å²) in [5, 5.41) is 14.1.